The minimum atomic E-state index is 0.398. The average molecular weight is 431 g/mol. The molecule has 1 saturated heterocycles. The minimum absolute atomic E-state index is 0.398. The van der Waals surface area contributed by atoms with E-state index in [0.717, 1.165) is 55.3 Å². The zero-order valence-corrected chi connectivity index (χ0v) is 19.3. The number of para-hydroxylation sites is 2. The second-order valence-corrected chi connectivity index (χ2v) is 9.40. The Morgan fingerprint density at radius 1 is 1.00 bits per heavy atom. The molecule has 5 rings (SSSR count). The van der Waals surface area contributed by atoms with Gasteiger partial charge in [-0.1, -0.05) is 37.3 Å². The molecule has 1 atom stereocenters. The van der Waals surface area contributed by atoms with Crippen molar-refractivity contribution in [3.63, 3.8) is 0 Å². The summed E-state index contributed by atoms with van der Waals surface area (Å²) in [5.74, 6) is 4.62. The molecule has 2 aliphatic rings. The molecule has 168 valence electrons. The van der Waals surface area contributed by atoms with Gasteiger partial charge in [0, 0.05) is 24.4 Å². The van der Waals surface area contributed by atoms with E-state index < -0.39 is 0 Å². The quantitative estimate of drug-likeness (QED) is 0.547. The molecule has 1 aliphatic carbocycles. The van der Waals surface area contributed by atoms with Crippen molar-refractivity contribution in [3.8, 4) is 5.75 Å². The van der Waals surface area contributed by atoms with Gasteiger partial charge in [0.2, 0.25) is 0 Å². The van der Waals surface area contributed by atoms with Gasteiger partial charge in [-0.05, 0) is 73.7 Å². The molecule has 1 aliphatic heterocycles. The van der Waals surface area contributed by atoms with Gasteiger partial charge in [-0.15, -0.1) is 0 Å². The second-order valence-electron chi connectivity index (χ2n) is 9.40. The Morgan fingerprint density at radius 2 is 1.78 bits per heavy atom. The van der Waals surface area contributed by atoms with Gasteiger partial charge >= 0.3 is 0 Å². The number of ether oxygens (including phenoxy) is 1. The third-order valence-electron chi connectivity index (χ3n) is 7.20. The van der Waals surface area contributed by atoms with Crippen molar-refractivity contribution in [2.45, 2.75) is 56.8 Å². The number of nitrogens with two attached hydrogens (primary N) is 1. The molecule has 5 nitrogen and oxygen atoms in total. The van der Waals surface area contributed by atoms with Gasteiger partial charge in [0.15, 0.2) is 0 Å². The number of anilines is 1. The highest BCUT2D eigenvalue weighted by Gasteiger charge is 2.30. The SMILES string of the molecule is COc1ccccc1C1CCN(c2nc(C3CC3)nc3c(C(C)CCN)cccc23)CC1. The number of hydrogen-bond acceptors (Lipinski definition) is 5. The van der Waals surface area contributed by atoms with E-state index in [4.69, 9.17) is 20.4 Å². The molecule has 2 aromatic carbocycles. The highest BCUT2D eigenvalue weighted by molar-refractivity contribution is 5.92. The van der Waals surface area contributed by atoms with E-state index in [0.29, 0.717) is 24.3 Å². The van der Waals surface area contributed by atoms with E-state index in [1.165, 1.54) is 29.4 Å². The second kappa shape index (κ2) is 9.07. The van der Waals surface area contributed by atoms with Crippen LogP contribution in [0, 0.1) is 0 Å². The van der Waals surface area contributed by atoms with Gasteiger partial charge in [-0.2, -0.15) is 0 Å². The van der Waals surface area contributed by atoms with E-state index in [9.17, 15) is 0 Å². The van der Waals surface area contributed by atoms with Crippen LogP contribution < -0.4 is 15.4 Å². The Morgan fingerprint density at radius 3 is 2.50 bits per heavy atom. The third kappa shape index (κ3) is 4.06. The summed E-state index contributed by atoms with van der Waals surface area (Å²) in [6, 6.07) is 15.1. The molecule has 5 heteroatoms. The van der Waals surface area contributed by atoms with Crippen molar-refractivity contribution < 1.29 is 4.74 Å². The molecule has 2 fully saturated rings. The Balaban J connectivity index is 1.47. The van der Waals surface area contributed by atoms with Crippen LogP contribution >= 0.6 is 0 Å². The molecule has 0 bridgehead atoms. The van der Waals surface area contributed by atoms with Crippen molar-refractivity contribution in [1.82, 2.24) is 9.97 Å². The third-order valence-corrected chi connectivity index (χ3v) is 7.20. The molecule has 3 aromatic rings. The monoisotopic (exact) mass is 430 g/mol. The number of hydrogen-bond donors (Lipinski definition) is 1. The highest BCUT2D eigenvalue weighted by atomic mass is 16.5. The van der Waals surface area contributed by atoms with E-state index in [1.807, 2.05) is 6.07 Å². The molecule has 1 unspecified atom stereocenters. The summed E-state index contributed by atoms with van der Waals surface area (Å²) < 4.78 is 5.63. The lowest BCUT2D eigenvalue weighted by molar-refractivity contribution is 0.397. The van der Waals surface area contributed by atoms with Gasteiger partial charge in [-0.3, -0.25) is 0 Å². The Labute approximate surface area is 191 Å². The minimum Gasteiger partial charge on any atom is -0.496 e. The summed E-state index contributed by atoms with van der Waals surface area (Å²) in [6.45, 7) is 4.96. The predicted molar refractivity (Wildman–Crippen MR) is 131 cm³/mol. The van der Waals surface area contributed by atoms with Crippen molar-refractivity contribution in [2.24, 2.45) is 5.73 Å². The molecule has 2 heterocycles. The zero-order chi connectivity index (χ0) is 22.1. The van der Waals surface area contributed by atoms with Crippen molar-refractivity contribution in [1.29, 1.82) is 0 Å². The lowest BCUT2D eigenvalue weighted by Gasteiger charge is -2.34. The van der Waals surface area contributed by atoms with E-state index in [2.05, 4.69) is 48.2 Å². The van der Waals surface area contributed by atoms with Gasteiger partial charge in [-0.25, -0.2) is 9.97 Å². The first-order valence-electron chi connectivity index (χ1n) is 12.1. The summed E-state index contributed by atoms with van der Waals surface area (Å²) >= 11 is 0. The van der Waals surface area contributed by atoms with Crippen LogP contribution in [0.5, 0.6) is 5.75 Å². The molecule has 0 radical (unpaired) electrons. The van der Waals surface area contributed by atoms with Crippen molar-refractivity contribution in [2.75, 3.05) is 31.6 Å². The van der Waals surface area contributed by atoms with Gasteiger partial charge < -0.3 is 15.4 Å². The number of rotatable bonds is 7. The maximum atomic E-state index is 5.88. The Kier molecular flexibility index (Phi) is 6.01. The smallest absolute Gasteiger partial charge is 0.140 e. The molecule has 0 amide bonds. The van der Waals surface area contributed by atoms with Crippen molar-refractivity contribution >= 4 is 16.7 Å². The molecular weight excluding hydrogens is 396 g/mol. The number of fused-ring (bicyclic) bond motifs is 1. The summed E-state index contributed by atoms with van der Waals surface area (Å²) in [6.07, 6.45) is 5.60. The first-order valence-corrected chi connectivity index (χ1v) is 12.1. The Hall–Kier alpha value is -2.66. The lowest BCUT2D eigenvalue weighted by Crippen LogP contribution is -2.34. The zero-order valence-electron chi connectivity index (χ0n) is 19.3. The number of nitrogens with zero attached hydrogens (tertiary/aromatic N) is 3. The van der Waals surface area contributed by atoms with Gasteiger partial charge in [0.1, 0.15) is 17.4 Å². The fourth-order valence-electron chi connectivity index (χ4n) is 5.15. The highest BCUT2D eigenvalue weighted by Crippen LogP contribution is 2.42. The van der Waals surface area contributed by atoms with Gasteiger partial charge in [0.25, 0.3) is 0 Å². The van der Waals surface area contributed by atoms with Crippen LogP contribution in [0.3, 0.4) is 0 Å². The topological polar surface area (TPSA) is 64.3 Å². The summed E-state index contributed by atoms with van der Waals surface area (Å²) in [4.78, 5) is 12.7. The van der Waals surface area contributed by atoms with Crippen molar-refractivity contribution in [3.05, 3.63) is 59.4 Å². The summed E-state index contributed by atoms with van der Waals surface area (Å²) in [5.41, 5.74) is 9.65. The lowest BCUT2D eigenvalue weighted by atomic mass is 9.88. The Bertz CT molecular complexity index is 1090. The van der Waals surface area contributed by atoms with Crippen LogP contribution in [0.1, 0.15) is 73.7 Å². The van der Waals surface area contributed by atoms with E-state index in [-0.39, 0.29) is 0 Å². The molecule has 2 N–H and O–H groups in total. The predicted octanol–water partition coefficient (Wildman–Crippen LogP) is 5.35. The summed E-state index contributed by atoms with van der Waals surface area (Å²) in [5, 5.41) is 1.19. The molecule has 1 saturated carbocycles. The van der Waals surface area contributed by atoms with E-state index in [1.54, 1.807) is 7.11 Å². The van der Waals surface area contributed by atoms with Gasteiger partial charge in [0.05, 0.1) is 12.6 Å². The van der Waals surface area contributed by atoms with Crippen LogP contribution in [-0.2, 0) is 0 Å². The van der Waals surface area contributed by atoms with Crippen LogP contribution in [0.2, 0.25) is 0 Å². The first kappa shape index (κ1) is 21.2. The number of methoxy groups -OCH3 is 1. The fourth-order valence-corrected chi connectivity index (χ4v) is 5.15. The molecule has 0 spiro atoms. The molecular formula is C27H34N4O. The van der Waals surface area contributed by atoms with Crippen LogP contribution in [0.25, 0.3) is 10.9 Å². The molecule has 32 heavy (non-hydrogen) atoms. The number of piperidine rings is 1. The van der Waals surface area contributed by atoms with Crippen LogP contribution in [0.15, 0.2) is 42.5 Å². The first-order chi connectivity index (χ1) is 15.7. The maximum Gasteiger partial charge on any atom is 0.140 e. The average Bonchev–Trinajstić information content (AvgIpc) is 3.69. The number of benzene rings is 2. The largest absolute Gasteiger partial charge is 0.496 e. The normalized spacial score (nSPS) is 18.2. The molecule has 1 aromatic heterocycles. The fraction of sp³-hybridized carbons (Fsp3) is 0.481. The number of aromatic nitrogens is 2. The standard InChI is InChI=1S/C27H34N4O/c1-18(12-15-28)21-7-5-8-23-25(21)29-26(20-10-11-20)30-27(23)31-16-13-19(14-17-31)22-6-3-4-9-24(22)32-2/h3-9,18-20H,10-17,28H2,1-2H3. The van der Waals surface area contributed by atoms with E-state index >= 15 is 0 Å². The van der Waals surface area contributed by atoms with Crippen LogP contribution in [-0.4, -0.2) is 36.7 Å². The maximum absolute atomic E-state index is 5.88. The van der Waals surface area contributed by atoms with Crippen LogP contribution in [0.4, 0.5) is 5.82 Å². The summed E-state index contributed by atoms with van der Waals surface area (Å²) in [7, 11) is 1.77.